The molecule has 0 aromatic heterocycles. The minimum atomic E-state index is -1.48. The Labute approximate surface area is 114 Å². The first kappa shape index (κ1) is 13.3. The van der Waals surface area contributed by atoms with Gasteiger partial charge in [0.25, 0.3) is 0 Å². The number of halogens is 3. The Morgan fingerprint density at radius 3 is 2.55 bits per heavy atom. The van der Waals surface area contributed by atoms with E-state index in [1.54, 1.807) is 0 Å². The van der Waals surface area contributed by atoms with Crippen LogP contribution in [0.2, 0.25) is 0 Å². The molecule has 1 heterocycles. The summed E-state index contributed by atoms with van der Waals surface area (Å²) in [5.74, 6) is -3.88. The molecule has 108 valence electrons. The molecule has 1 aliphatic carbocycles. The molecule has 1 aromatic rings. The van der Waals surface area contributed by atoms with Crippen LogP contribution in [0.4, 0.5) is 18.0 Å². The first-order chi connectivity index (χ1) is 9.39. The number of rotatable bonds is 1. The van der Waals surface area contributed by atoms with Crippen LogP contribution in [-0.4, -0.2) is 16.5 Å². The number of benzene rings is 1. The van der Waals surface area contributed by atoms with Crippen molar-refractivity contribution in [1.82, 2.24) is 10.2 Å². The van der Waals surface area contributed by atoms with Gasteiger partial charge in [-0.05, 0) is 37.8 Å². The van der Waals surface area contributed by atoms with Crippen LogP contribution in [0.25, 0.3) is 0 Å². The largest absolute Gasteiger partial charge is 0.333 e. The number of fused-ring (bicyclic) bond motifs is 1. The lowest BCUT2D eigenvalue weighted by molar-refractivity contribution is 0.159. The summed E-state index contributed by atoms with van der Waals surface area (Å²) in [6.07, 6.45) is 2.90. The van der Waals surface area contributed by atoms with E-state index in [2.05, 4.69) is 5.32 Å². The lowest BCUT2D eigenvalue weighted by Crippen LogP contribution is -2.54. The summed E-state index contributed by atoms with van der Waals surface area (Å²) in [4.78, 5) is 13.5. The smallest absolute Gasteiger partial charge is 0.318 e. The van der Waals surface area contributed by atoms with Gasteiger partial charge in [-0.25, -0.2) is 18.0 Å². The van der Waals surface area contributed by atoms with Gasteiger partial charge in [-0.1, -0.05) is 0 Å². The highest BCUT2D eigenvalue weighted by atomic mass is 19.2. The predicted molar refractivity (Wildman–Crippen MR) is 66.4 cm³/mol. The van der Waals surface area contributed by atoms with E-state index in [1.165, 1.54) is 4.90 Å². The third kappa shape index (κ3) is 2.03. The molecule has 0 radical (unpaired) electrons. The molecule has 0 atom stereocenters. The Kier molecular flexibility index (Phi) is 2.92. The van der Waals surface area contributed by atoms with Gasteiger partial charge in [-0.3, -0.25) is 0 Å². The van der Waals surface area contributed by atoms with Crippen molar-refractivity contribution in [3.8, 4) is 0 Å². The van der Waals surface area contributed by atoms with Gasteiger partial charge in [0.15, 0.2) is 17.5 Å². The SMILES string of the molecule is CC1(NC(=O)N2Cc3cc(F)c(F)c(F)c3C2)CCC1. The molecule has 2 aliphatic rings. The van der Waals surface area contributed by atoms with E-state index in [9.17, 15) is 18.0 Å². The predicted octanol–water partition coefficient (Wildman–Crippen LogP) is 3.07. The fraction of sp³-hybridized carbons (Fsp3) is 0.500. The van der Waals surface area contributed by atoms with Crippen molar-refractivity contribution in [3.63, 3.8) is 0 Å². The van der Waals surface area contributed by atoms with E-state index in [0.29, 0.717) is 5.56 Å². The lowest BCUT2D eigenvalue weighted by atomic mass is 9.79. The highest BCUT2D eigenvalue weighted by Crippen LogP contribution is 2.33. The van der Waals surface area contributed by atoms with E-state index in [1.807, 2.05) is 6.92 Å². The Hall–Kier alpha value is -1.72. The molecule has 1 aromatic carbocycles. The highest BCUT2D eigenvalue weighted by Gasteiger charge is 2.36. The molecule has 1 N–H and O–H groups in total. The maximum absolute atomic E-state index is 13.6. The number of amides is 2. The third-order valence-corrected chi connectivity index (χ3v) is 4.22. The van der Waals surface area contributed by atoms with Crippen molar-refractivity contribution in [1.29, 1.82) is 0 Å². The van der Waals surface area contributed by atoms with Crippen LogP contribution in [0.5, 0.6) is 0 Å². The molecule has 6 heteroatoms. The van der Waals surface area contributed by atoms with Crippen LogP contribution in [0.3, 0.4) is 0 Å². The summed E-state index contributed by atoms with van der Waals surface area (Å²) < 4.78 is 40.0. The second kappa shape index (κ2) is 4.40. The molecule has 0 spiro atoms. The molecule has 3 rings (SSSR count). The lowest BCUT2D eigenvalue weighted by Gasteiger charge is -2.40. The van der Waals surface area contributed by atoms with Gasteiger partial charge < -0.3 is 10.2 Å². The van der Waals surface area contributed by atoms with Gasteiger partial charge in [0.1, 0.15) is 0 Å². The molecule has 3 nitrogen and oxygen atoms in total. The minimum Gasteiger partial charge on any atom is -0.333 e. The summed E-state index contributed by atoms with van der Waals surface area (Å²) >= 11 is 0. The molecule has 0 saturated heterocycles. The van der Waals surface area contributed by atoms with Crippen molar-refractivity contribution >= 4 is 6.03 Å². The van der Waals surface area contributed by atoms with Crippen LogP contribution in [0.1, 0.15) is 37.3 Å². The number of hydrogen-bond acceptors (Lipinski definition) is 1. The average molecular weight is 284 g/mol. The van der Waals surface area contributed by atoms with E-state index >= 15 is 0 Å². The van der Waals surface area contributed by atoms with Gasteiger partial charge in [0, 0.05) is 17.6 Å². The second-order valence-corrected chi connectivity index (χ2v) is 5.82. The van der Waals surface area contributed by atoms with Gasteiger partial charge in [0.05, 0.1) is 6.54 Å². The normalized spacial score (nSPS) is 19.5. The standard InChI is InChI=1S/C14H15F3N2O/c1-14(3-2-4-14)18-13(20)19-6-8-5-10(15)12(17)11(16)9(8)7-19/h5H,2-4,6-7H2,1H3,(H,18,20). The molecular weight excluding hydrogens is 269 g/mol. The number of carbonyl (C=O) groups excluding carboxylic acids is 1. The van der Waals surface area contributed by atoms with Gasteiger partial charge in [-0.15, -0.1) is 0 Å². The molecule has 0 unspecified atom stereocenters. The molecule has 1 fully saturated rings. The zero-order chi connectivity index (χ0) is 14.5. The Bertz CT molecular complexity index is 584. The summed E-state index contributed by atoms with van der Waals surface area (Å²) in [6.45, 7) is 2.03. The van der Waals surface area contributed by atoms with Crippen LogP contribution in [-0.2, 0) is 13.1 Å². The maximum atomic E-state index is 13.6. The van der Waals surface area contributed by atoms with Crippen molar-refractivity contribution in [2.75, 3.05) is 0 Å². The molecule has 1 aliphatic heterocycles. The Morgan fingerprint density at radius 1 is 1.25 bits per heavy atom. The van der Waals surface area contributed by atoms with E-state index in [4.69, 9.17) is 0 Å². The molecule has 2 amide bonds. The van der Waals surface area contributed by atoms with Crippen molar-refractivity contribution in [3.05, 3.63) is 34.6 Å². The fourth-order valence-corrected chi connectivity index (χ4v) is 2.76. The first-order valence-electron chi connectivity index (χ1n) is 6.62. The van der Waals surface area contributed by atoms with E-state index in [0.717, 1.165) is 25.3 Å². The summed E-state index contributed by atoms with van der Waals surface area (Å²) in [6, 6.07) is 0.648. The molecule has 20 heavy (non-hydrogen) atoms. The second-order valence-electron chi connectivity index (χ2n) is 5.82. The number of urea groups is 1. The number of nitrogens with one attached hydrogen (secondary N) is 1. The Morgan fingerprint density at radius 2 is 1.95 bits per heavy atom. The number of carbonyl (C=O) groups is 1. The highest BCUT2D eigenvalue weighted by molar-refractivity contribution is 5.76. The van der Waals surface area contributed by atoms with Gasteiger partial charge in [0.2, 0.25) is 0 Å². The minimum absolute atomic E-state index is 0.0275. The van der Waals surface area contributed by atoms with E-state index in [-0.39, 0.29) is 30.2 Å². The maximum Gasteiger partial charge on any atom is 0.318 e. The number of nitrogens with zero attached hydrogens (tertiary/aromatic N) is 1. The Balaban J connectivity index is 1.77. The summed E-state index contributed by atoms with van der Waals surface area (Å²) in [5, 5.41) is 2.90. The summed E-state index contributed by atoms with van der Waals surface area (Å²) in [5.41, 5.74) is 0.189. The molecule has 0 bridgehead atoms. The first-order valence-corrected chi connectivity index (χ1v) is 6.62. The quantitative estimate of drug-likeness (QED) is 0.790. The zero-order valence-corrected chi connectivity index (χ0v) is 11.1. The zero-order valence-electron chi connectivity index (χ0n) is 11.1. The van der Waals surface area contributed by atoms with Gasteiger partial charge in [-0.2, -0.15) is 0 Å². The van der Waals surface area contributed by atoms with Crippen LogP contribution < -0.4 is 5.32 Å². The van der Waals surface area contributed by atoms with Crippen LogP contribution >= 0.6 is 0 Å². The van der Waals surface area contributed by atoms with Gasteiger partial charge >= 0.3 is 6.03 Å². The van der Waals surface area contributed by atoms with Crippen molar-refractivity contribution < 1.29 is 18.0 Å². The molecule has 1 saturated carbocycles. The topological polar surface area (TPSA) is 32.3 Å². The summed E-state index contributed by atoms with van der Waals surface area (Å²) in [7, 11) is 0. The average Bonchev–Trinajstić information content (AvgIpc) is 2.78. The van der Waals surface area contributed by atoms with Crippen LogP contribution in [0.15, 0.2) is 6.07 Å². The third-order valence-electron chi connectivity index (χ3n) is 4.22. The number of hydrogen-bond donors (Lipinski definition) is 1. The fourth-order valence-electron chi connectivity index (χ4n) is 2.76. The van der Waals surface area contributed by atoms with Crippen molar-refractivity contribution in [2.45, 2.75) is 44.8 Å². The van der Waals surface area contributed by atoms with Crippen LogP contribution in [0, 0.1) is 17.5 Å². The monoisotopic (exact) mass is 284 g/mol. The van der Waals surface area contributed by atoms with Crippen molar-refractivity contribution in [2.24, 2.45) is 0 Å². The molecular formula is C14H15F3N2O. The van der Waals surface area contributed by atoms with E-state index < -0.39 is 17.5 Å².